The summed E-state index contributed by atoms with van der Waals surface area (Å²) in [5.41, 5.74) is -0.568. The van der Waals surface area contributed by atoms with E-state index in [2.05, 4.69) is 5.32 Å². The molecule has 0 fully saturated rings. The molecule has 0 spiro atoms. The first kappa shape index (κ1) is 17.0. The highest BCUT2D eigenvalue weighted by Gasteiger charge is 2.18. The van der Waals surface area contributed by atoms with Gasteiger partial charge >= 0.3 is 6.09 Å². The maximum atomic E-state index is 11.5. The third kappa shape index (κ3) is 10.1. The number of rotatable bonds is 4. The molecule has 0 aliphatic carbocycles. The van der Waals surface area contributed by atoms with Gasteiger partial charge in [-0.05, 0) is 37.2 Å². The lowest BCUT2D eigenvalue weighted by Gasteiger charge is -2.21. The molecular weight excluding hydrogens is 254 g/mol. The molecule has 0 aromatic carbocycles. The van der Waals surface area contributed by atoms with Crippen molar-refractivity contribution in [2.24, 2.45) is 0 Å². The van der Waals surface area contributed by atoms with Gasteiger partial charge in [0.15, 0.2) is 5.78 Å². The van der Waals surface area contributed by atoms with Gasteiger partial charge in [0.05, 0.1) is 0 Å². The van der Waals surface area contributed by atoms with Crippen LogP contribution < -0.4 is 5.32 Å². The van der Waals surface area contributed by atoms with E-state index in [1.54, 1.807) is 27.7 Å². The van der Waals surface area contributed by atoms with Crippen molar-refractivity contribution in [3.8, 4) is 0 Å². The van der Waals surface area contributed by atoms with E-state index >= 15 is 0 Å². The molecule has 0 saturated heterocycles. The molecule has 0 radical (unpaired) electrons. The van der Waals surface area contributed by atoms with Crippen molar-refractivity contribution in [1.82, 2.24) is 5.32 Å². The molecule has 0 unspecified atom stereocenters. The first-order valence-corrected chi connectivity index (χ1v) is 8.14. The van der Waals surface area contributed by atoms with E-state index in [4.69, 9.17) is 4.74 Å². The van der Waals surface area contributed by atoms with Gasteiger partial charge in [-0.1, -0.05) is 0 Å². The van der Waals surface area contributed by atoms with E-state index in [1.165, 1.54) is 17.9 Å². The van der Waals surface area contributed by atoms with Crippen LogP contribution in [0.5, 0.6) is 0 Å². The maximum absolute atomic E-state index is 11.5. The van der Waals surface area contributed by atoms with Crippen molar-refractivity contribution in [2.45, 2.75) is 45.8 Å². The largest absolute Gasteiger partial charge is 0.444 e. The molecule has 0 aliphatic heterocycles. The predicted molar refractivity (Wildman–Crippen MR) is 74.5 cm³/mol. The predicted octanol–water partition coefficient (Wildman–Crippen LogP) is 1.21. The summed E-state index contributed by atoms with van der Waals surface area (Å²) in [6, 6.07) is -0.356. The standard InChI is InChI=1S/C12H23NO4S/c1-9(7-10(14)8-18(5,6)16)13-11(15)17-12(2,3)4/h8-9H,7H2,1-6H3,(H,13,15)/t9-/m0/s1. The number of ketones is 1. The molecule has 0 rings (SSSR count). The van der Waals surface area contributed by atoms with E-state index in [0.29, 0.717) is 0 Å². The molecule has 6 heteroatoms. The van der Waals surface area contributed by atoms with Gasteiger partial charge in [0.1, 0.15) is 5.60 Å². The summed E-state index contributed by atoms with van der Waals surface area (Å²) in [4.78, 5) is 22.9. The lowest BCUT2D eigenvalue weighted by atomic mass is 10.2. The van der Waals surface area contributed by atoms with Crippen LogP contribution in [-0.2, 0) is 19.1 Å². The summed E-state index contributed by atoms with van der Waals surface area (Å²) in [5.74, 6) is -0.242. The Balaban J connectivity index is 4.29. The molecule has 106 valence electrons. The van der Waals surface area contributed by atoms with Crippen LogP contribution in [0.1, 0.15) is 34.1 Å². The van der Waals surface area contributed by atoms with Crippen molar-refractivity contribution in [3.05, 3.63) is 0 Å². The Morgan fingerprint density at radius 3 is 2.22 bits per heavy atom. The lowest BCUT2D eigenvalue weighted by molar-refractivity contribution is -0.112. The van der Waals surface area contributed by atoms with Crippen LogP contribution in [-0.4, -0.2) is 45.6 Å². The summed E-state index contributed by atoms with van der Waals surface area (Å²) in [6.45, 7) is 6.99. The Morgan fingerprint density at radius 1 is 1.33 bits per heavy atom. The van der Waals surface area contributed by atoms with Crippen LogP contribution in [0.2, 0.25) is 0 Å². The molecule has 0 aromatic rings. The van der Waals surface area contributed by atoms with Crippen LogP contribution in [0.3, 0.4) is 0 Å². The summed E-state index contributed by atoms with van der Waals surface area (Å²) >= 11 is 0. The third-order valence-corrected chi connectivity index (χ3v) is 2.52. The second-order valence-corrected chi connectivity index (χ2v) is 8.50. The number of carbonyl (C=O) groups is 2. The van der Waals surface area contributed by atoms with Crippen molar-refractivity contribution >= 4 is 26.8 Å². The van der Waals surface area contributed by atoms with Crippen molar-refractivity contribution in [3.63, 3.8) is 0 Å². The van der Waals surface area contributed by atoms with Crippen LogP contribution in [0, 0.1) is 0 Å². The molecule has 1 atom stereocenters. The Bertz CT molecular complexity index is 420. The zero-order valence-electron chi connectivity index (χ0n) is 11.9. The Kier molecular flexibility index (Phi) is 5.86. The van der Waals surface area contributed by atoms with Gasteiger partial charge in [0.25, 0.3) is 0 Å². The van der Waals surface area contributed by atoms with E-state index < -0.39 is 21.2 Å². The average molecular weight is 277 g/mol. The van der Waals surface area contributed by atoms with Crippen molar-refractivity contribution < 1.29 is 18.5 Å². The zero-order chi connectivity index (χ0) is 14.6. The summed E-state index contributed by atoms with van der Waals surface area (Å²) in [7, 11) is -2.19. The number of hydrogen-bond acceptors (Lipinski definition) is 4. The first-order valence-electron chi connectivity index (χ1n) is 5.70. The molecule has 0 heterocycles. The van der Waals surface area contributed by atoms with Crippen molar-refractivity contribution in [1.29, 1.82) is 0 Å². The van der Waals surface area contributed by atoms with Gasteiger partial charge in [-0.2, -0.15) is 0 Å². The second kappa shape index (κ2) is 6.22. The summed E-state index contributed by atoms with van der Waals surface area (Å²) < 4.78 is 16.5. The number of amides is 1. The first-order chi connectivity index (χ1) is 7.89. The SMILES string of the molecule is C[C@@H](CC(=O)C=S(C)(C)=O)NC(=O)OC(C)(C)C. The third-order valence-electron chi connectivity index (χ3n) is 1.69. The molecular formula is C12H23NO4S. The van der Waals surface area contributed by atoms with E-state index in [0.717, 1.165) is 0 Å². The number of hydrogen-bond donors (Lipinski definition) is 1. The highest BCUT2D eigenvalue weighted by Crippen LogP contribution is 2.07. The fourth-order valence-corrected chi connectivity index (χ4v) is 1.96. The quantitative estimate of drug-likeness (QED) is 0.784. The summed E-state index contributed by atoms with van der Waals surface area (Å²) in [6.07, 6.45) is 2.54. The van der Waals surface area contributed by atoms with Crippen LogP contribution in [0.4, 0.5) is 4.79 Å². The molecule has 1 N–H and O–H groups in total. The van der Waals surface area contributed by atoms with E-state index in [-0.39, 0.29) is 18.2 Å². The minimum absolute atomic E-state index is 0.109. The Labute approximate surface area is 109 Å². The fraction of sp³-hybridized carbons (Fsp3) is 0.750. The van der Waals surface area contributed by atoms with Crippen LogP contribution in [0.15, 0.2) is 0 Å². The van der Waals surface area contributed by atoms with E-state index in [1.807, 2.05) is 0 Å². The average Bonchev–Trinajstić information content (AvgIpc) is 1.92. The molecule has 0 saturated carbocycles. The Morgan fingerprint density at radius 2 is 1.83 bits per heavy atom. The monoisotopic (exact) mass is 277 g/mol. The van der Waals surface area contributed by atoms with E-state index in [9.17, 15) is 13.8 Å². The number of Topliss-reactive ketones (excluding diaryl/α,β-unsaturated/α-hetero) is 1. The number of nitrogens with one attached hydrogen (secondary N) is 1. The van der Waals surface area contributed by atoms with Gasteiger partial charge in [0, 0.05) is 30.3 Å². The van der Waals surface area contributed by atoms with Gasteiger partial charge in [-0.25, -0.2) is 4.79 Å². The molecule has 0 bridgehead atoms. The van der Waals surface area contributed by atoms with Gasteiger partial charge in [-0.15, -0.1) is 0 Å². The zero-order valence-corrected chi connectivity index (χ0v) is 12.7. The number of ether oxygens (including phenoxy) is 1. The van der Waals surface area contributed by atoms with Crippen LogP contribution >= 0.6 is 0 Å². The molecule has 18 heavy (non-hydrogen) atoms. The lowest BCUT2D eigenvalue weighted by Crippen LogP contribution is -2.38. The Hall–Kier alpha value is -1.04. The second-order valence-electron chi connectivity index (χ2n) is 5.64. The normalized spacial score (nSPS) is 13.7. The minimum atomic E-state index is -2.19. The van der Waals surface area contributed by atoms with Gasteiger partial charge < -0.3 is 10.1 Å². The van der Waals surface area contributed by atoms with Gasteiger partial charge in [-0.3, -0.25) is 9.00 Å². The summed E-state index contributed by atoms with van der Waals surface area (Å²) in [5, 5.41) is 3.77. The number of alkyl carbamates (subject to hydrolysis) is 1. The molecule has 0 aromatic heterocycles. The highest BCUT2D eigenvalue weighted by atomic mass is 32.2. The smallest absolute Gasteiger partial charge is 0.407 e. The highest BCUT2D eigenvalue weighted by molar-refractivity contribution is 8.01. The maximum Gasteiger partial charge on any atom is 0.407 e. The molecule has 1 amide bonds. The van der Waals surface area contributed by atoms with Crippen molar-refractivity contribution in [2.75, 3.05) is 12.5 Å². The van der Waals surface area contributed by atoms with Gasteiger partial charge in [0.2, 0.25) is 0 Å². The minimum Gasteiger partial charge on any atom is -0.444 e. The molecule has 5 nitrogen and oxygen atoms in total. The topological polar surface area (TPSA) is 72.5 Å². The number of carbonyl (C=O) groups excluding carboxylic acids is 2. The molecule has 0 aliphatic rings. The fourth-order valence-electron chi connectivity index (χ4n) is 1.23. The van der Waals surface area contributed by atoms with Crippen LogP contribution in [0.25, 0.3) is 0 Å².